The first kappa shape index (κ1) is 10.4. The Balaban J connectivity index is 3.62. The van der Waals surface area contributed by atoms with Crippen LogP contribution in [0.1, 0.15) is 20.3 Å². The van der Waals surface area contributed by atoms with E-state index >= 15 is 0 Å². The fourth-order valence-electron chi connectivity index (χ4n) is 0.874. The average Bonchev–Trinajstić information content (AvgIpc) is 1.97. The van der Waals surface area contributed by atoms with Crippen molar-refractivity contribution in [2.24, 2.45) is 0 Å². The molecular weight excluding hydrogens is 143 g/mol. The van der Waals surface area contributed by atoms with Gasteiger partial charge in [-0.05, 0) is 20.3 Å². The van der Waals surface area contributed by atoms with Gasteiger partial charge in [-0.25, -0.2) is 0 Å². The van der Waals surface area contributed by atoms with Gasteiger partial charge in [0.25, 0.3) is 0 Å². The summed E-state index contributed by atoms with van der Waals surface area (Å²) < 4.78 is 11.7. The van der Waals surface area contributed by atoms with Crippen molar-refractivity contribution < 1.29 is 4.39 Å². The second-order valence-corrected chi connectivity index (χ2v) is 2.76. The Labute approximate surface area is 67.6 Å². The maximum absolute atomic E-state index is 11.7. The molecule has 0 aromatic carbocycles. The Hall–Kier alpha value is -0.620. The fraction of sp³-hybridized carbons (Fsp3) is 0.875. The molecule has 0 heterocycles. The summed E-state index contributed by atoms with van der Waals surface area (Å²) in [6.45, 7) is 4.80. The topological polar surface area (TPSA) is 27.0 Å². The number of alkyl halides is 1. The summed E-state index contributed by atoms with van der Waals surface area (Å²) in [5.74, 6) is 0. The third-order valence-electron chi connectivity index (χ3n) is 1.58. The molecule has 64 valence electrons. The summed E-state index contributed by atoms with van der Waals surface area (Å²) in [7, 11) is 0. The van der Waals surface area contributed by atoms with Gasteiger partial charge in [0.15, 0.2) is 0 Å². The molecule has 0 saturated carbocycles. The molecule has 0 aliphatic heterocycles. The van der Waals surface area contributed by atoms with E-state index in [-0.39, 0.29) is 6.67 Å². The van der Waals surface area contributed by atoms with E-state index in [0.29, 0.717) is 25.6 Å². The Morgan fingerprint density at radius 1 is 1.55 bits per heavy atom. The molecule has 2 nitrogen and oxygen atoms in total. The van der Waals surface area contributed by atoms with Crippen LogP contribution in [0.25, 0.3) is 0 Å². The lowest BCUT2D eigenvalue weighted by Crippen LogP contribution is -2.32. The van der Waals surface area contributed by atoms with Crippen molar-refractivity contribution in [2.75, 3.05) is 19.8 Å². The van der Waals surface area contributed by atoms with Crippen LogP contribution in [0.2, 0.25) is 0 Å². The third kappa shape index (κ3) is 4.74. The van der Waals surface area contributed by atoms with E-state index in [1.165, 1.54) is 0 Å². The monoisotopic (exact) mass is 158 g/mol. The first-order valence-electron chi connectivity index (χ1n) is 3.89. The zero-order valence-electron chi connectivity index (χ0n) is 7.18. The van der Waals surface area contributed by atoms with Gasteiger partial charge in [0.2, 0.25) is 0 Å². The van der Waals surface area contributed by atoms with Crippen LogP contribution in [0, 0.1) is 11.3 Å². The minimum Gasteiger partial charge on any atom is -0.288 e. The predicted octanol–water partition coefficient (Wildman–Crippen LogP) is 1.58. The smallest absolute Gasteiger partial charge is 0.0906 e. The van der Waals surface area contributed by atoms with E-state index < -0.39 is 0 Å². The maximum Gasteiger partial charge on any atom is 0.0906 e. The summed E-state index contributed by atoms with van der Waals surface area (Å²) in [6, 6.07) is 2.40. The second-order valence-electron chi connectivity index (χ2n) is 2.76. The van der Waals surface area contributed by atoms with E-state index in [2.05, 4.69) is 6.07 Å². The van der Waals surface area contributed by atoms with Gasteiger partial charge in [0.1, 0.15) is 0 Å². The SMILES string of the molecule is CC(C)N(CC#N)CCCF. The molecule has 0 aliphatic rings. The Kier molecular flexibility index (Phi) is 5.77. The zero-order valence-corrected chi connectivity index (χ0v) is 7.18. The molecule has 0 aliphatic carbocycles. The van der Waals surface area contributed by atoms with Crippen LogP contribution in [0.3, 0.4) is 0 Å². The number of nitriles is 1. The average molecular weight is 158 g/mol. The summed E-state index contributed by atoms with van der Waals surface area (Å²) >= 11 is 0. The van der Waals surface area contributed by atoms with Gasteiger partial charge in [-0.2, -0.15) is 5.26 Å². The van der Waals surface area contributed by atoms with Crippen molar-refractivity contribution in [2.45, 2.75) is 26.3 Å². The number of hydrogen-bond acceptors (Lipinski definition) is 2. The van der Waals surface area contributed by atoms with E-state index in [4.69, 9.17) is 5.26 Å². The molecule has 0 saturated heterocycles. The van der Waals surface area contributed by atoms with Crippen LogP contribution in [0.4, 0.5) is 4.39 Å². The van der Waals surface area contributed by atoms with Gasteiger partial charge in [-0.3, -0.25) is 9.29 Å². The highest BCUT2D eigenvalue weighted by atomic mass is 19.1. The number of hydrogen-bond donors (Lipinski definition) is 0. The lowest BCUT2D eigenvalue weighted by Gasteiger charge is -2.22. The highest BCUT2D eigenvalue weighted by Crippen LogP contribution is 1.98. The largest absolute Gasteiger partial charge is 0.288 e. The lowest BCUT2D eigenvalue weighted by molar-refractivity contribution is 0.236. The van der Waals surface area contributed by atoms with Crippen LogP contribution in [-0.2, 0) is 0 Å². The third-order valence-corrected chi connectivity index (χ3v) is 1.58. The zero-order chi connectivity index (χ0) is 8.69. The second kappa shape index (κ2) is 6.11. The minimum absolute atomic E-state index is 0.297. The molecule has 0 unspecified atom stereocenters. The van der Waals surface area contributed by atoms with E-state index in [1.54, 1.807) is 0 Å². The van der Waals surface area contributed by atoms with Gasteiger partial charge < -0.3 is 0 Å². The van der Waals surface area contributed by atoms with Crippen LogP contribution in [0.5, 0.6) is 0 Å². The molecule has 0 bridgehead atoms. The minimum atomic E-state index is -0.297. The maximum atomic E-state index is 11.7. The van der Waals surface area contributed by atoms with Crippen molar-refractivity contribution in [3.8, 4) is 6.07 Å². The molecule has 0 spiro atoms. The van der Waals surface area contributed by atoms with Crippen LogP contribution in [-0.4, -0.2) is 30.7 Å². The van der Waals surface area contributed by atoms with Crippen molar-refractivity contribution in [3.05, 3.63) is 0 Å². The van der Waals surface area contributed by atoms with E-state index in [1.807, 2.05) is 18.7 Å². The van der Waals surface area contributed by atoms with Crippen LogP contribution >= 0.6 is 0 Å². The summed E-state index contributed by atoms with van der Waals surface area (Å²) in [6.07, 6.45) is 0.528. The molecule has 0 atom stereocenters. The molecule has 0 radical (unpaired) electrons. The van der Waals surface area contributed by atoms with Crippen molar-refractivity contribution >= 4 is 0 Å². The molecule has 0 aromatic rings. The Morgan fingerprint density at radius 2 is 2.18 bits per heavy atom. The van der Waals surface area contributed by atoms with Gasteiger partial charge in [-0.1, -0.05) is 0 Å². The summed E-state index contributed by atoms with van der Waals surface area (Å²) in [5, 5.41) is 8.40. The number of nitrogens with zero attached hydrogens (tertiary/aromatic N) is 2. The van der Waals surface area contributed by atoms with Crippen LogP contribution in [0.15, 0.2) is 0 Å². The van der Waals surface area contributed by atoms with E-state index in [9.17, 15) is 4.39 Å². The molecule has 0 N–H and O–H groups in total. The van der Waals surface area contributed by atoms with Crippen LogP contribution < -0.4 is 0 Å². The molecule has 0 amide bonds. The standard InChI is InChI=1S/C8H15FN2/c1-8(2)11(7-5-10)6-3-4-9/h8H,3-4,6-7H2,1-2H3. The van der Waals surface area contributed by atoms with Gasteiger partial charge >= 0.3 is 0 Å². The van der Waals surface area contributed by atoms with Crippen molar-refractivity contribution in [3.63, 3.8) is 0 Å². The van der Waals surface area contributed by atoms with Crippen molar-refractivity contribution in [1.82, 2.24) is 4.90 Å². The normalized spacial score (nSPS) is 10.5. The van der Waals surface area contributed by atoms with Gasteiger partial charge in [-0.15, -0.1) is 0 Å². The predicted molar refractivity (Wildman–Crippen MR) is 42.9 cm³/mol. The summed E-state index contributed by atoms with van der Waals surface area (Å²) in [5.41, 5.74) is 0. The highest BCUT2D eigenvalue weighted by Gasteiger charge is 2.06. The van der Waals surface area contributed by atoms with Gasteiger partial charge in [0, 0.05) is 12.6 Å². The van der Waals surface area contributed by atoms with Gasteiger partial charge in [0.05, 0.1) is 19.3 Å². The lowest BCUT2D eigenvalue weighted by atomic mass is 10.3. The number of rotatable bonds is 5. The molecule has 0 fully saturated rings. The summed E-state index contributed by atoms with van der Waals surface area (Å²) in [4.78, 5) is 1.96. The quantitative estimate of drug-likeness (QED) is 0.568. The molecule has 3 heteroatoms. The first-order chi connectivity index (χ1) is 5.22. The fourth-order valence-corrected chi connectivity index (χ4v) is 0.874. The highest BCUT2D eigenvalue weighted by molar-refractivity contribution is 4.78. The number of halogens is 1. The molecule has 0 rings (SSSR count). The Bertz CT molecular complexity index is 129. The molecule has 0 aromatic heterocycles. The molecule has 11 heavy (non-hydrogen) atoms. The van der Waals surface area contributed by atoms with E-state index in [0.717, 1.165) is 0 Å². The Morgan fingerprint density at radius 3 is 2.55 bits per heavy atom. The molecular formula is C8H15FN2. The van der Waals surface area contributed by atoms with Crippen molar-refractivity contribution in [1.29, 1.82) is 5.26 Å². The first-order valence-corrected chi connectivity index (χ1v) is 3.89.